The quantitative estimate of drug-likeness (QED) is 0.811. The number of carbonyl (C=O) groups excluding carboxylic acids is 1. The minimum Gasteiger partial charge on any atom is -0.477 e. The van der Waals surface area contributed by atoms with Crippen LogP contribution in [0.5, 0.6) is 0 Å². The molecule has 0 aliphatic heterocycles. The van der Waals surface area contributed by atoms with Gasteiger partial charge in [-0.3, -0.25) is 0 Å². The fourth-order valence-corrected chi connectivity index (χ4v) is 2.82. The first-order valence-corrected chi connectivity index (χ1v) is 8.38. The number of carboxylic acid groups (broad SMARTS) is 1. The van der Waals surface area contributed by atoms with Crippen LogP contribution in [0.2, 0.25) is 0 Å². The number of alkyl carbamates (subject to hydrolysis) is 1. The zero-order valence-corrected chi connectivity index (χ0v) is 15.7. The number of hydrogen-bond donors (Lipinski definition) is 2. The van der Waals surface area contributed by atoms with Crippen molar-refractivity contribution in [2.75, 3.05) is 6.54 Å². The molecular weight excluding hydrogens is 376 g/mol. The Morgan fingerprint density at radius 1 is 1.33 bits per heavy atom. The van der Waals surface area contributed by atoms with Crippen LogP contribution in [0.3, 0.4) is 0 Å². The maximum Gasteiger partial charge on any atom is 0.407 e. The molecule has 2 rings (SSSR count). The van der Waals surface area contributed by atoms with Gasteiger partial charge in [-0.2, -0.15) is 0 Å². The molecule has 0 spiro atoms. The van der Waals surface area contributed by atoms with Crippen LogP contribution in [0.1, 0.15) is 44.2 Å². The van der Waals surface area contributed by atoms with Crippen molar-refractivity contribution in [2.45, 2.75) is 39.3 Å². The largest absolute Gasteiger partial charge is 0.477 e. The van der Waals surface area contributed by atoms with Crippen LogP contribution in [0.25, 0.3) is 10.9 Å². The number of aromatic carboxylic acids is 1. The maximum atomic E-state index is 11.8. The molecule has 7 heteroatoms. The number of halogens is 1. The number of amides is 1. The lowest BCUT2D eigenvalue weighted by molar-refractivity contribution is 0.0521. The SMILES string of the molecule is CC(CNC(=O)OC(C)(C)C)n1c(C(=O)O)cc2ccc(Br)cc21. The molecule has 0 aliphatic carbocycles. The number of ether oxygens (including phenoxy) is 1. The maximum absolute atomic E-state index is 11.8. The topological polar surface area (TPSA) is 80.6 Å². The van der Waals surface area contributed by atoms with Crippen molar-refractivity contribution in [3.05, 3.63) is 34.4 Å². The van der Waals surface area contributed by atoms with Gasteiger partial charge in [0, 0.05) is 22.4 Å². The second kappa shape index (κ2) is 6.84. The molecule has 6 nitrogen and oxygen atoms in total. The fraction of sp³-hybridized carbons (Fsp3) is 0.412. The summed E-state index contributed by atoms with van der Waals surface area (Å²) in [6.07, 6.45) is -0.524. The third-order valence-electron chi connectivity index (χ3n) is 3.40. The monoisotopic (exact) mass is 396 g/mol. The fourth-order valence-electron chi connectivity index (χ4n) is 2.47. The van der Waals surface area contributed by atoms with E-state index in [1.54, 1.807) is 31.4 Å². The lowest BCUT2D eigenvalue weighted by Gasteiger charge is -2.22. The Bertz CT molecular complexity index is 777. The summed E-state index contributed by atoms with van der Waals surface area (Å²) in [4.78, 5) is 23.4. The number of hydrogen-bond acceptors (Lipinski definition) is 3. The molecule has 2 N–H and O–H groups in total. The predicted molar refractivity (Wildman–Crippen MR) is 95.5 cm³/mol. The molecule has 1 aromatic carbocycles. The number of nitrogens with zero attached hydrogens (tertiary/aromatic N) is 1. The number of aromatic nitrogens is 1. The van der Waals surface area contributed by atoms with E-state index in [0.717, 1.165) is 15.4 Å². The van der Waals surface area contributed by atoms with Gasteiger partial charge in [0.1, 0.15) is 11.3 Å². The second-order valence-corrected chi connectivity index (χ2v) is 7.56. The molecule has 1 atom stereocenters. The summed E-state index contributed by atoms with van der Waals surface area (Å²) in [5.41, 5.74) is 0.395. The molecule has 24 heavy (non-hydrogen) atoms. The normalized spacial score (nSPS) is 12.9. The van der Waals surface area contributed by atoms with Gasteiger partial charge in [-0.1, -0.05) is 22.0 Å². The van der Waals surface area contributed by atoms with Gasteiger partial charge in [0.15, 0.2) is 0 Å². The number of benzene rings is 1. The van der Waals surface area contributed by atoms with Crippen molar-refractivity contribution in [3.8, 4) is 0 Å². The highest BCUT2D eigenvalue weighted by Crippen LogP contribution is 2.27. The number of carboxylic acids is 1. The number of carbonyl (C=O) groups is 2. The first-order chi connectivity index (χ1) is 11.1. The molecule has 130 valence electrons. The number of fused-ring (bicyclic) bond motifs is 1. The second-order valence-electron chi connectivity index (χ2n) is 6.64. The van der Waals surface area contributed by atoms with Gasteiger partial charge in [-0.05, 0) is 45.9 Å². The highest BCUT2D eigenvalue weighted by molar-refractivity contribution is 9.10. The van der Waals surface area contributed by atoms with E-state index in [-0.39, 0.29) is 18.3 Å². The van der Waals surface area contributed by atoms with Crippen LogP contribution in [-0.2, 0) is 4.74 Å². The molecule has 1 amide bonds. The van der Waals surface area contributed by atoms with Crippen molar-refractivity contribution >= 4 is 38.9 Å². The summed E-state index contributed by atoms with van der Waals surface area (Å²) < 4.78 is 7.77. The zero-order valence-electron chi connectivity index (χ0n) is 14.1. The molecule has 0 bridgehead atoms. The highest BCUT2D eigenvalue weighted by Gasteiger charge is 2.21. The average Bonchev–Trinajstić information content (AvgIpc) is 2.81. The van der Waals surface area contributed by atoms with Crippen LogP contribution in [-0.4, -0.2) is 33.9 Å². The van der Waals surface area contributed by atoms with Crippen LogP contribution >= 0.6 is 15.9 Å². The van der Waals surface area contributed by atoms with E-state index in [1.165, 1.54) is 0 Å². The molecule has 0 saturated heterocycles. The van der Waals surface area contributed by atoms with Crippen molar-refractivity contribution in [1.29, 1.82) is 0 Å². The van der Waals surface area contributed by atoms with Gasteiger partial charge in [-0.25, -0.2) is 9.59 Å². The van der Waals surface area contributed by atoms with Gasteiger partial charge < -0.3 is 19.7 Å². The zero-order chi connectivity index (χ0) is 18.1. The van der Waals surface area contributed by atoms with E-state index >= 15 is 0 Å². The standard InChI is InChI=1S/C17H21BrN2O4/c1-10(9-19-16(23)24-17(2,3)4)20-13-8-12(18)6-5-11(13)7-14(20)15(21)22/h5-8,10H,9H2,1-4H3,(H,19,23)(H,21,22). The Kier molecular flexibility index (Phi) is 5.22. The third kappa shape index (κ3) is 4.29. The first-order valence-electron chi connectivity index (χ1n) is 7.59. The molecule has 0 saturated carbocycles. The van der Waals surface area contributed by atoms with E-state index in [1.807, 2.05) is 25.1 Å². The van der Waals surface area contributed by atoms with E-state index in [2.05, 4.69) is 21.2 Å². The molecule has 0 radical (unpaired) electrons. The Balaban J connectivity index is 2.26. The van der Waals surface area contributed by atoms with Crippen molar-refractivity contribution in [1.82, 2.24) is 9.88 Å². The van der Waals surface area contributed by atoms with Crippen LogP contribution in [0.4, 0.5) is 4.79 Å². The van der Waals surface area contributed by atoms with E-state index in [4.69, 9.17) is 4.74 Å². The summed E-state index contributed by atoms with van der Waals surface area (Å²) in [7, 11) is 0. The van der Waals surface area contributed by atoms with Crippen molar-refractivity contribution in [2.24, 2.45) is 0 Å². The van der Waals surface area contributed by atoms with Crippen LogP contribution < -0.4 is 5.32 Å². The molecule has 1 aromatic heterocycles. The molecule has 1 heterocycles. The van der Waals surface area contributed by atoms with Crippen molar-refractivity contribution < 1.29 is 19.4 Å². The number of rotatable bonds is 4. The Labute approximate surface area is 148 Å². The summed E-state index contributed by atoms with van der Waals surface area (Å²) in [6, 6.07) is 6.97. The summed E-state index contributed by atoms with van der Waals surface area (Å²) in [5, 5.41) is 13.0. The Hall–Kier alpha value is -2.02. The van der Waals surface area contributed by atoms with E-state index in [0.29, 0.717) is 0 Å². The lowest BCUT2D eigenvalue weighted by atomic mass is 10.2. The highest BCUT2D eigenvalue weighted by atomic mass is 79.9. The van der Waals surface area contributed by atoms with Gasteiger partial charge in [0.25, 0.3) is 0 Å². The van der Waals surface area contributed by atoms with E-state index in [9.17, 15) is 14.7 Å². The molecular formula is C17H21BrN2O4. The van der Waals surface area contributed by atoms with Crippen LogP contribution in [0.15, 0.2) is 28.7 Å². The molecule has 0 fully saturated rings. The lowest BCUT2D eigenvalue weighted by Crippen LogP contribution is -2.35. The number of nitrogens with one attached hydrogen (secondary N) is 1. The van der Waals surface area contributed by atoms with Gasteiger partial charge in [-0.15, -0.1) is 0 Å². The van der Waals surface area contributed by atoms with Gasteiger partial charge >= 0.3 is 12.1 Å². The Morgan fingerprint density at radius 2 is 2.00 bits per heavy atom. The molecule has 1 unspecified atom stereocenters. The summed E-state index contributed by atoms with van der Waals surface area (Å²) in [6.45, 7) is 7.47. The minimum absolute atomic E-state index is 0.182. The van der Waals surface area contributed by atoms with Crippen molar-refractivity contribution in [3.63, 3.8) is 0 Å². The molecule has 0 aliphatic rings. The predicted octanol–water partition coefficient (Wildman–Crippen LogP) is 4.19. The summed E-state index contributed by atoms with van der Waals surface area (Å²) in [5.74, 6) is -1.01. The first kappa shape index (κ1) is 18.3. The average molecular weight is 397 g/mol. The molecule has 2 aromatic rings. The van der Waals surface area contributed by atoms with Crippen LogP contribution in [0, 0.1) is 0 Å². The Morgan fingerprint density at radius 3 is 2.58 bits per heavy atom. The van der Waals surface area contributed by atoms with E-state index < -0.39 is 17.7 Å². The van der Waals surface area contributed by atoms with Gasteiger partial charge in [0.2, 0.25) is 0 Å². The minimum atomic E-state index is -1.01. The smallest absolute Gasteiger partial charge is 0.407 e. The summed E-state index contributed by atoms with van der Waals surface area (Å²) >= 11 is 3.41. The third-order valence-corrected chi connectivity index (χ3v) is 3.90. The van der Waals surface area contributed by atoms with Gasteiger partial charge in [0.05, 0.1) is 5.52 Å².